The first-order chi connectivity index (χ1) is 5.38. The molecular formula is C9H17NO. The van der Waals surface area contributed by atoms with E-state index in [9.17, 15) is 4.79 Å². The lowest BCUT2D eigenvalue weighted by atomic mass is 10.0. The molecule has 1 aliphatic rings. The van der Waals surface area contributed by atoms with Gasteiger partial charge in [0.1, 0.15) is 6.29 Å². The van der Waals surface area contributed by atoms with Gasteiger partial charge in [0.2, 0.25) is 0 Å². The smallest absolute Gasteiger partial charge is 0.133 e. The molecule has 1 saturated heterocycles. The number of hydrogen-bond donors (Lipinski definition) is 0. The second kappa shape index (κ2) is 4.50. The highest BCUT2D eigenvalue weighted by Crippen LogP contribution is 2.18. The molecule has 0 amide bonds. The van der Waals surface area contributed by atoms with Crippen LogP contribution in [0.2, 0.25) is 0 Å². The molecule has 0 radical (unpaired) electrons. The molecule has 64 valence electrons. The van der Waals surface area contributed by atoms with Gasteiger partial charge in [-0.3, -0.25) is 4.90 Å². The van der Waals surface area contributed by atoms with Crippen molar-refractivity contribution < 1.29 is 4.79 Å². The minimum absolute atomic E-state index is 0.637. The summed E-state index contributed by atoms with van der Waals surface area (Å²) in [5, 5.41) is 0. The van der Waals surface area contributed by atoms with Crippen molar-refractivity contribution in [1.82, 2.24) is 4.90 Å². The molecule has 1 atom stereocenters. The zero-order valence-corrected chi connectivity index (χ0v) is 7.25. The Bertz CT molecular complexity index is 125. The first-order valence-electron chi connectivity index (χ1n) is 4.56. The standard InChI is InChI=1S/C9H17NO/c1-2-9-5-3-4-6-10(9)7-8-11/h8-9H,2-7H2,1H3/t9-/m0/s1. The molecule has 1 fully saturated rings. The van der Waals surface area contributed by atoms with E-state index >= 15 is 0 Å². The van der Waals surface area contributed by atoms with E-state index in [4.69, 9.17) is 0 Å². The number of aldehydes is 1. The average Bonchev–Trinajstić information content (AvgIpc) is 2.06. The maximum atomic E-state index is 10.3. The van der Waals surface area contributed by atoms with Gasteiger partial charge in [-0.25, -0.2) is 0 Å². The van der Waals surface area contributed by atoms with Crippen molar-refractivity contribution in [3.05, 3.63) is 0 Å². The molecule has 0 aromatic heterocycles. The molecule has 2 nitrogen and oxygen atoms in total. The highest BCUT2D eigenvalue weighted by molar-refractivity contribution is 5.52. The van der Waals surface area contributed by atoms with Gasteiger partial charge in [0.05, 0.1) is 6.54 Å². The minimum atomic E-state index is 0.637. The van der Waals surface area contributed by atoms with Gasteiger partial charge >= 0.3 is 0 Å². The summed E-state index contributed by atoms with van der Waals surface area (Å²) in [5.74, 6) is 0. The Balaban J connectivity index is 2.37. The maximum absolute atomic E-state index is 10.3. The number of nitrogens with zero attached hydrogens (tertiary/aromatic N) is 1. The lowest BCUT2D eigenvalue weighted by molar-refractivity contribution is -0.109. The lowest BCUT2D eigenvalue weighted by Crippen LogP contribution is -2.40. The second-order valence-corrected chi connectivity index (χ2v) is 3.22. The molecule has 0 aliphatic carbocycles. The fraction of sp³-hybridized carbons (Fsp3) is 0.889. The third kappa shape index (κ3) is 2.29. The van der Waals surface area contributed by atoms with E-state index in [1.54, 1.807) is 0 Å². The zero-order valence-electron chi connectivity index (χ0n) is 7.25. The summed E-state index contributed by atoms with van der Waals surface area (Å²) in [7, 11) is 0. The fourth-order valence-electron chi connectivity index (χ4n) is 1.86. The van der Waals surface area contributed by atoms with Gasteiger partial charge in [0, 0.05) is 6.04 Å². The second-order valence-electron chi connectivity index (χ2n) is 3.22. The predicted octanol–water partition coefficient (Wildman–Crippen LogP) is 1.45. The molecular weight excluding hydrogens is 138 g/mol. The summed E-state index contributed by atoms with van der Waals surface area (Å²) >= 11 is 0. The molecule has 1 heterocycles. The van der Waals surface area contributed by atoms with E-state index in [-0.39, 0.29) is 0 Å². The van der Waals surface area contributed by atoms with Crippen LogP contribution in [0.1, 0.15) is 32.6 Å². The Labute approximate surface area is 68.6 Å². The monoisotopic (exact) mass is 155 g/mol. The molecule has 0 spiro atoms. The molecule has 1 aliphatic heterocycles. The van der Waals surface area contributed by atoms with Gasteiger partial charge in [0.15, 0.2) is 0 Å². The van der Waals surface area contributed by atoms with Gasteiger partial charge in [-0.2, -0.15) is 0 Å². The Hall–Kier alpha value is -0.370. The topological polar surface area (TPSA) is 20.3 Å². The number of carbonyl (C=O) groups excluding carboxylic acids is 1. The molecule has 0 bridgehead atoms. The van der Waals surface area contributed by atoms with Gasteiger partial charge in [-0.1, -0.05) is 13.3 Å². The SMILES string of the molecule is CC[C@H]1CCCCN1CC=O. The highest BCUT2D eigenvalue weighted by atomic mass is 16.1. The molecule has 0 aromatic carbocycles. The third-order valence-corrected chi connectivity index (χ3v) is 2.53. The number of carbonyl (C=O) groups is 1. The van der Waals surface area contributed by atoms with E-state index in [2.05, 4.69) is 11.8 Å². The molecule has 0 aromatic rings. The van der Waals surface area contributed by atoms with Crippen molar-refractivity contribution in [3.8, 4) is 0 Å². The van der Waals surface area contributed by atoms with E-state index in [0.717, 1.165) is 12.8 Å². The summed E-state index contributed by atoms with van der Waals surface area (Å²) in [5.41, 5.74) is 0. The molecule has 11 heavy (non-hydrogen) atoms. The molecule has 0 unspecified atom stereocenters. The van der Waals surface area contributed by atoms with Gasteiger partial charge in [-0.15, -0.1) is 0 Å². The first kappa shape index (κ1) is 8.72. The number of likely N-dealkylation sites (tertiary alicyclic amines) is 1. The quantitative estimate of drug-likeness (QED) is 0.575. The van der Waals surface area contributed by atoms with Crippen LogP contribution >= 0.6 is 0 Å². The van der Waals surface area contributed by atoms with Crippen molar-refractivity contribution in [2.24, 2.45) is 0 Å². The van der Waals surface area contributed by atoms with Crippen LogP contribution in [0.25, 0.3) is 0 Å². The summed E-state index contributed by atoms with van der Waals surface area (Å²) in [6.07, 6.45) is 6.10. The molecule has 2 heteroatoms. The summed E-state index contributed by atoms with van der Waals surface area (Å²) < 4.78 is 0. The van der Waals surface area contributed by atoms with Crippen molar-refractivity contribution in [1.29, 1.82) is 0 Å². The molecule has 0 N–H and O–H groups in total. The van der Waals surface area contributed by atoms with Crippen LogP contribution in [-0.2, 0) is 4.79 Å². The Morgan fingerprint density at radius 3 is 3.00 bits per heavy atom. The van der Waals surface area contributed by atoms with Crippen molar-refractivity contribution in [3.63, 3.8) is 0 Å². The summed E-state index contributed by atoms with van der Waals surface area (Å²) in [6, 6.07) is 0.675. The predicted molar refractivity (Wildman–Crippen MR) is 45.6 cm³/mol. The number of rotatable bonds is 3. The van der Waals surface area contributed by atoms with Crippen LogP contribution in [-0.4, -0.2) is 30.3 Å². The van der Waals surface area contributed by atoms with Gasteiger partial charge in [-0.05, 0) is 25.8 Å². The highest BCUT2D eigenvalue weighted by Gasteiger charge is 2.19. The molecule has 1 rings (SSSR count). The Morgan fingerprint density at radius 1 is 1.55 bits per heavy atom. The van der Waals surface area contributed by atoms with Crippen LogP contribution in [0, 0.1) is 0 Å². The van der Waals surface area contributed by atoms with E-state index < -0.39 is 0 Å². The van der Waals surface area contributed by atoms with Crippen molar-refractivity contribution in [2.75, 3.05) is 13.1 Å². The number of piperidine rings is 1. The maximum Gasteiger partial charge on any atom is 0.133 e. The van der Waals surface area contributed by atoms with Gasteiger partial charge < -0.3 is 4.79 Å². The minimum Gasteiger partial charge on any atom is -0.302 e. The van der Waals surface area contributed by atoms with E-state index in [0.29, 0.717) is 12.6 Å². The summed E-state index contributed by atoms with van der Waals surface area (Å²) in [4.78, 5) is 12.6. The van der Waals surface area contributed by atoms with E-state index in [1.807, 2.05) is 0 Å². The average molecular weight is 155 g/mol. The van der Waals surface area contributed by atoms with Crippen molar-refractivity contribution >= 4 is 6.29 Å². The summed E-state index contributed by atoms with van der Waals surface area (Å²) in [6.45, 7) is 3.96. The first-order valence-corrected chi connectivity index (χ1v) is 4.56. The lowest BCUT2D eigenvalue weighted by Gasteiger charge is -2.33. The third-order valence-electron chi connectivity index (χ3n) is 2.53. The van der Waals surface area contributed by atoms with Crippen LogP contribution in [0.4, 0.5) is 0 Å². The Kier molecular flexibility index (Phi) is 3.57. The normalized spacial score (nSPS) is 26.8. The zero-order chi connectivity index (χ0) is 8.10. The van der Waals surface area contributed by atoms with E-state index in [1.165, 1.54) is 25.7 Å². The van der Waals surface area contributed by atoms with Crippen LogP contribution in [0.5, 0.6) is 0 Å². The Morgan fingerprint density at radius 2 is 2.36 bits per heavy atom. The van der Waals surface area contributed by atoms with Crippen LogP contribution in [0.3, 0.4) is 0 Å². The number of hydrogen-bond acceptors (Lipinski definition) is 2. The van der Waals surface area contributed by atoms with Crippen LogP contribution < -0.4 is 0 Å². The molecule has 0 saturated carbocycles. The fourth-order valence-corrected chi connectivity index (χ4v) is 1.86. The largest absolute Gasteiger partial charge is 0.302 e. The van der Waals surface area contributed by atoms with Crippen LogP contribution in [0.15, 0.2) is 0 Å². The van der Waals surface area contributed by atoms with Crippen molar-refractivity contribution in [2.45, 2.75) is 38.6 Å². The van der Waals surface area contributed by atoms with Gasteiger partial charge in [0.25, 0.3) is 0 Å².